The Morgan fingerprint density at radius 3 is 3.22 bits per heavy atom. The van der Waals surface area contributed by atoms with Gasteiger partial charge in [-0.05, 0) is 30.2 Å². The van der Waals surface area contributed by atoms with Crippen molar-refractivity contribution in [2.24, 2.45) is 11.6 Å². The predicted molar refractivity (Wildman–Crippen MR) is 40.0 cm³/mol. The van der Waals surface area contributed by atoms with Crippen molar-refractivity contribution in [3.8, 4) is 0 Å². The van der Waals surface area contributed by atoms with Gasteiger partial charge in [0.25, 0.3) is 0 Å². The first-order valence-corrected chi connectivity index (χ1v) is 3.75. The minimum atomic E-state index is 0.00463. The number of rotatable bonds is 0. The summed E-state index contributed by atoms with van der Waals surface area (Å²) in [5.41, 5.74) is 5.62. The van der Waals surface area contributed by atoms with E-state index < -0.39 is 0 Å². The molecule has 1 unspecified atom stereocenters. The molecule has 1 rings (SSSR count). The molecule has 0 aromatic carbocycles. The van der Waals surface area contributed by atoms with Gasteiger partial charge in [-0.2, -0.15) is 4.41 Å². The van der Waals surface area contributed by atoms with Crippen molar-refractivity contribution in [3.05, 3.63) is 11.5 Å². The van der Waals surface area contributed by atoms with E-state index in [0.29, 0.717) is 0 Å². The summed E-state index contributed by atoms with van der Waals surface area (Å²) < 4.78 is 1.57. The monoisotopic (exact) mass is 145 g/mol. The number of hydrogen-bond donors (Lipinski definition) is 2. The van der Waals surface area contributed by atoms with E-state index in [2.05, 4.69) is 6.08 Å². The molecule has 0 radical (unpaired) electrons. The fourth-order valence-corrected chi connectivity index (χ4v) is 1.28. The summed E-state index contributed by atoms with van der Waals surface area (Å²) in [7, 11) is 0. The zero-order chi connectivity index (χ0) is 6.69. The predicted octanol–water partition coefficient (Wildman–Crippen LogP) is 0.403. The van der Waals surface area contributed by atoms with Crippen LogP contribution in [-0.2, 0) is 0 Å². The normalized spacial score (nSPS) is 30.2. The summed E-state index contributed by atoms with van der Waals surface area (Å²) >= 11 is 1.45. The molecular weight excluding hydrogens is 134 g/mol. The third kappa shape index (κ3) is 1.98. The van der Waals surface area contributed by atoms with Crippen LogP contribution in [-0.4, -0.2) is 10.6 Å². The molecule has 0 amide bonds. The van der Waals surface area contributed by atoms with Gasteiger partial charge in [-0.15, -0.1) is 0 Å². The molecule has 1 heterocycles. The number of nitrogens with zero attached hydrogens (tertiary/aromatic N) is 1. The Balaban J connectivity index is 2.42. The molecule has 1 aliphatic heterocycles. The largest absolute Gasteiger partial charge is 0.314 e. The van der Waals surface area contributed by atoms with Gasteiger partial charge >= 0.3 is 0 Å². The third-order valence-corrected chi connectivity index (χ3v) is 2.06. The molecule has 0 aromatic rings. The summed E-state index contributed by atoms with van der Waals surface area (Å²) in [5, 5.41) is 1.97. The highest BCUT2D eigenvalue weighted by atomic mass is 32.2. The van der Waals surface area contributed by atoms with E-state index in [9.17, 15) is 0 Å². The molecular formula is C5H11N3S. The minimum Gasteiger partial charge on any atom is -0.314 e. The van der Waals surface area contributed by atoms with E-state index in [1.165, 1.54) is 11.9 Å². The van der Waals surface area contributed by atoms with Crippen LogP contribution in [0.4, 0.5) is 0 Å². The first kappa shape index (κ1) is 7.08. The summed E-state index contributed by atoms with van der Waals surface area (Å²) in [6, 6.07) is 0. The third-order valence-electron chi connectivity index (χ3n) is 1.23. The highest BCUT2D eigenvalue weighted by Crippen LogP contribution is 2.15. The van der Waals surface area contributed by atoms with Crippen molar-refractivity contribution in [1.82, 2.24) is 4.41 Å². The Hall–Kier alpha value is -0.0300. The number of allylic oxidation sites excluding steroid dienone is 1. The SMILES string of the molecule is NC1CCC=CSN1N. The minimum absolute atomic E-state index is 0.00463. The molecule has 4 N–H and O–H groups in total. The smallest absolute Gasteiger partial charge is 0.0826 e. The molecule has 0 saturated carbocycles. The second-order valence-electron chi connectivity index (χ2n) is 1.98. The molecule has 1 atom stereocenters. The lowest BCUT2D eigenvalue weighted by atomic mass is 10.3. The first-order valence-electron chi connectivity index (χ1n) is 2.92. The Bertz CT molecular complexity index is 115. The van der Waals surface area contributed by atoms with Crippen molar-refractivity contribution in [2.75, 3.05) is 0 Å². The van der Waals surface area contributed by atoms with Crippen molar-refractivity contribution in [1.29, 1.82) is 0 Å². The number of hydrogen-bond acceptors (Lipinski definition) is 4. The molecule has 0 spiro atoms. The highest BCUT2D eigenvalue weighted by molar-refractivity contribution is 7.99. The van der Waals surface area contributed by atoms with E-state index >= 15 is 0 Å². The van der Waals surface area contributed by atoms with Gasteiger partial charge in [0.2, 0.25) is 0 Å². The van der Waals surface area contributed by atoms with Crippen LogP contribution in [0.25, 0.3) is 0 Å². The van der Waals surface area contributed by atoms with Crippen LogP contribution in [0.2, 0.25) is 0 Å². The standard InChI is InChI=1S/C5H11N3S/c6-5-3-1-2-4-9-8(5)7/h2,4-5H,1,3,6-7H2. The zero-order valence-electron chi connectivity index (χ0n) is 5.16. The molecule has 4 heteroatoms. The highest BCUT2D eigenvalue weighted by Gasteiger charge is 2.10. The van der Waals surface area contributed by atoms with Gasteiger partial charge < -0.3 is 5.73 Å². The van der Waals surface area contributed by atoms with Gasteiger partial charge in [-0.25, -0.2) is 0 Å². The lowest BCUT2D eigenvalue weighted by Crippen LogP contribution is -2.40. The van der Waals surface area contributed by atoms with E-state index in [4.69, 9.17) is 11.6 Å². The lowest BCUT2D eigenvalue weighted by Gasteiger charge is -2.17. The van der Waals surface area contributed by atoms with Gasteiger partial charge in [0, 0.05) is 0 Å². The Morgan fingerprint density at radius 1 is 1.67 bits per heavy atom. The van der Waals surface area contributed by atoms with E-state index in [1.807, 2.05) is 5.41 Å². The molecule has 9 heavy (non-hydrogen) atoms. The maximum absolute atomic E-state index is 5.62. The van der Waals surface area contributed by atoms with Gasteiger partial charge in [-0.1, -0.05) is 6.08 Å². The lowest BCUT2D eigenvalue weighted by molar-refractivity contribution is 0.358. The average molecular weight is 145 g/mol. The summed E-state index contributed by atoms with van der Waals surface area (Å²) in [6.45, 7) is 0. The fourth-order valence-electron chi connectivity index (χ4n) is 0.654. The van der Waals surface area contributed by atoms with E-state index in [1.54, 1.807) is 4.41 Å². The molecule has 52 valence electrons. The van der Waals surface area contributed by atoms with Crippen LogP contribution in [0.3, 0.4) is 0 Å². The Morgan fingerprint density at radius 2 is 2.44 bits per heavy atom. The fraction of sp³-hybridized carbons (Fsp3) is 0.600. The van der Waals surface area contributed by atoms with E-state index in [-0.39, 0.29) is 6.17 Å². The molecule has 0 aromatic heterocycles. The van der Waals surface area contributed by atoms with E-state index in [0.717, 1.165) is 12.8 Å². The molecule has 0 fully saturated rings. The van der Waals surface area contributed by atoms with Crippen molar-refractivity contribution >= 4 is 11.9 Å². The van der Waals surface area contributed by atoms with Crippen molar-refractivity contribution in [2.45, 2.75) is 19.0 Å². The zero-order valence-corrected chi connectivity index (χ0v) is 5.97. The van der Waals surface area contributed by atoms with Gasteiger partial charge in [0.15, 0.2) is 0 Å². The molecule has 0 aliphatic carbocycles. The molecule has 3 nitrogen and oxygen atoms in total. The quantitative estimate of drug-likeness (QED) is 0.383. The molecule has 0 saturated heterocycles. The number of nitrogens with two attached hydrogens (primary N) is 2. The van der Waals surface area contributed by atoms with Gasteiger partial charge in [0.1, 0.15) is 0 Å². The maximum atomic E-state index is 5.62. The summed E-state index contributed by atoms with van der Waals surface area (Å²) in [4.78, 5) is 0. The average Bonchev–Trinajstić information content (AvgIpc) is 1.99. The Labute approximate surface area is 59.2 Å². The van der Waals surface area contributed by atoms with Crippen LogP contribution in [0.15, 0.2) is 11.5 Å². The van der Waals surface area contributed by atoms with Crippen LogP contribution < -0.4 is 11.6 Å². The van der Waals surface area contributed by atoms with Crippen LogP contribution in [0.1, 0.15) is 12.8 Å². The van der Waals surface area contributed by atoms with Gasteiger partial charge in [0.05, 0.1) is 6.17 Å². The van der Waals surface area contributed by atoms with Crippen molar-refractivity contribution < 1.29 is 0 Å². The van der Waals surface area contributed by atoms with Crippen molar-refractivity contribution in [3.63, 3.8) is 0 Å². The second-order valence-corrected chi connectivity index (χ2v) is 2.89. The summed E-state index contributed by atoms with van der Waals surface area (Å²) in [5.74, 6) is 5.50. The van der Waals surface area contributed by atoms with Gasteiger partial charge in [-0.3, -0.25) is 5.84 Å². The Kier molecular flexibility index (Phi) is 2.53. The molecule has 1 aliphatic rings. The topological polar surface area (TPSA) is 55.3 Å². The van der Waals surface area contributed by atoms with Crippen LogP contribution >= 0.6 is 11.9 Å². The van der Waals surface area contributed by atoms with Crippen LogP contribution in [0, 0.1) is 0 Å². The molecule has 0 bridgehead atoms. The summed E-state index contributed by atoms with van der Waals surface area (Å²) in [6.07, 6.45) is 4.06. The second kappa shape index (κ2) is 3.22. The van der Waals surface area contributed by atoms with Crippen LogP contribution in [0.5, 0.6) is 0 Å². The number of hydrazine groups is 1. The maximum Gasteiger partial charge on any atom is 0.0826 e. The first-order chi connectivity index (χ1) is 4.30.